The minimum absolute atomic E-state index is 0.0623. The monoisotopic (exact) mass is 336 g/mol. The molecular formula is C18H28N2O4. The first-order valence-corrected chi connectivity index (χ1v) is 8.48. The van der Waals surface area contributed by atoms with E-state index in [0.29, 0.717) is 26.2 Å². The average Bonchev–Trinajstić information content (AvgIpc) is 2.62. The lowest BCUT2D eigenvalue weighted by Crippen LogP contribution is -2.44. The Hall–Kier alpha value is -1.79. The Morgan fingerprint density at radius 2 is 2.00 bits per heavy atom. The van der Waals surface area contributed by atoms with E-state index in [9.17, 15) is 4.79 Å². The highest BCUT2D eigenvalue weighted by molar-refractivity contribution is 5.76. The van der Waals surface area contributed by atoms with E-state index >= 15 is 0 Å². The largest absolute Gasteiger partial charge is 0.497 e. The SMILES string of the molecule is COCCOCCC(=O)NC1CCN(c2cccc(OC)c2)CC1. The van der Waals surface area contributed by atoms with Crippen LogP contribution in [0.1, 0.15) is 19.3 Å². The van der Waals surface area contributed by atoms with Gasteiger partial charge in [0.05, 0.1) is 26.9 Å². The fourth-order valence-corrected chi connectivity index (χ4v) is 2.80. The predicted molar refractivity (Wildman–Crippen MR) is 93.7 cm³/mol. The van der Waals surface area contributed by atoms with Crippen molar-refractivity contribution in [1.29, 1.82) is 0 Å². The number of carbonyl (C=O) groups excluding carboxylic acids is 1. The molecule has 6 nitrogen and oxygen atoms in total. The van der Waals surface area contributed by atoms with Gasteiger partial charge < -0.3 is 24.4 Å². The van der Waals surface area contributed by atoms with Crippen molar-refractivity contribution in [3.63, 3.8) is 0 Å². The second kappa shape index (κ2) is 10.2. The van der Waals surface area contributed by atoms with Gasteiger partial charge in [0.2, 0.25) is 5.91 Å². The molecule has 6 heteroatoms. The number of hydrogen-bond donors (Lipinski definition) is 1. The van der Waals surface area contributed by atoms with Crippen molar-refractivity contribution in [2.45, 2.75) is 25.3 Å². The summed E-state index contributed by atoms with van der Waals surface area (Å²) in [6, 6.07) is 8.35. The van der Waals surface area contributed by atoms with Gasteiger partial charge in [-0.3, -0.25) is 4.79 Å². The number of carbonyl (C=O) groups is 1. The molecule has 0 bridgehead atoms. The summed E-state index contributed by atoms with van der Waals surface area (Å²) >= 11 is 0. The maximum absolute atomic E-state index is 11.9. The number of amides is 1. The Labute approximate surface area is 144 Å². The van der Waals surface area contributed by atoms with E-state index in [0.717, 1.165) is 31.7 Å². The molecule has 1 fully saturated rings. The Bertz CT molecular complexity index is 502. The second-order valence-electron chi connectivity index (χ2n) is 5.89. The molecule has 1 N–H and O–H groups in total. The first kappa shape index (κ1) is 18.5. The summed E-state index contributed by atoms with van der Waals surface area (Å²) in [5.41, 5.74) is 1.17. The molecule has 1 aliphatic heterocycles. The molecule has 0 aromatic heterocycles. The molecule has 2 rings (SSSR count). The zero-order valence-electron chi connectivity index (χ0n) is 14.6. The Morgan fingerprint density at radius 1 is 1.21 bits per heavy atom. The van der Waals surface area contributed by atoms with Crippen LogP contribution in [0, 0.1) is 0 Å². The third-order valence-corrected chi connectivity index (χ3v) is 4.18. The summed E-state index contributed by atoms with van der Waals surface area (Å²) < 4.78 is 15.5. The van der Waals surface area contributed by atoms with Crippen LogP contribution in [0.5, 0.6) is 5.75 Å². The highest BCUT2D eigenvalue weighted by Crippen LogP contribution is 2.24. The van der Waals surface area contributed by atoms with Crippen molar-refractivity contribution >= 4 is 11.6 Å². The van der Waals surface area contributed by atoms with Crippen LogP contribution in [0.3, 0.4) is 0 Å². The molecule has 1 aliphatic rings. The van der Waals surface area contributed by atoms with Gasteiger partial charge in [0.1, 0.15) is 5.75 Å². The van der Waals surface area contributed by atoms with Gasteiger partial charge in [-0.25, -0.2) is 0 Å². The molecule has 1 heterocycles. The number of ether oxygens (including phenoxy) is 3. The second-order valence-corrected chi connectivity index (χ2v) is 5.89. The van der Waals surface area contributed by atoms with E-state index in [-0.39, 0.29) is 11.9 Å². The lowest BCUT2D eigenvalue weighted by molar-refractivity contribution is -0.123. The topological polar surface area (TPSA) is 60.0 Å². The maximum atomic E-state index is 11.9. The van der Waals surface area contributed by atoms with Crippen molar-refractivity contribution in [3.8, 4) is 5.75 Å². The summed E-state index contributed by atoms with van der Waals surface area (Å²) in [6.07, 6.45) is 2.31. The fraction of sp³-hybridized carbons (Fsp3) is 0.611. The van der Waals surface area contributed by atoms with E-state index < -0.39 is 0 Å². The first-order chi connectivity index (χ1) is 11.7. The van der Waals surface area contributed by atoms with Crippen molar-refractivity contribution in [1.82, 2.24) is 5.32 Å². The highest BCUT2D eigenvalue weighted by atomic mass is 16.5. The third kappa shape index (κ3) is 6.02. The molecule has 134 valence electrons. The van der Waals surface area contributed by atoms with Crippen LogP contribution in [-0.2, 0) is 14.3 Å². The van der Waals surface area contributed by atoms with Gasteiger partial charge in [0.25, 0.3) is 0 Å². The van der Waals surface area contributed by atoms with Crippen LogP contribution >= 0.6 is 0 Å². The van der Waals surface area contributed by atoms with Gasteiger partial charge in [-0.1, -0.05) is 6.07 Å². The maximum Gasteiger partial charge on any atom is 0.222 e. The van der Waals surface area contributed by atoms with Gasteiger partial charge in [0.15, 0.2) is 0 Å². The molecule has 1 amide bonds. The minimum Gasteiger partial charge on any atom is -0.497 e. The highest BCUT2D eigenvalue weighted by Gasteiger charge is 2.21. The number of rotatable bonds is 9. The molecule has 0 unspecified atom stereocenters. The van der Waals surface area contributed by atoms with Gasteiger partial charge in [-0.05, 0) is 25.0 Å². The van der Waals surface area contributed by atoms with Crippen LogP contribution in [0.4, 0.5) is 5.69 Å². The lowest BCUT2D eigenvalue weighted by Gasteiger charge is -2.34. The van der Waals surface area contributed by atoms with Crippen LogP contribution in [0.15, 0.2) is 24.3 Å². The van der Waals surface area contributed by atoms with Crippen molar-refractivity contribution in [3.05, 3.63) is 24.3 Å². The quantitative estimate of drug-likeness (QED) is 0.697. The number of anilines is 1. The minimum atomic E-state index is 0.0623. The van der Waals surface area contributed by atoms with Gasteiger partial charge in [-0.2, -0.15) is 0 Å². The molecule has 1 saturated heterocycles. The molecule has 0 radical (unpaired) electrons. The summed E-state index contributed by atoms with van der Waals surface area (Å²) in [4.78, 5) is 14.3. The van der Waals surface area contributed by atoms with Crippen LogP contribution < -0.4 is 15.0 Å². The standard InChI is InChI=1S/C18H28N2O4/c1-22-12-13-24-11-8-18(21)19-15-6-9-20(10-7-15)16-4-3-5-17(14-16)23-2/h3-5,14-15H,6-13H2,1-2H3,(H,19,21). The number of nitrogens with one attached hydrogen (secondary N) is 1. The smallest absolute Gasteiger partial charge is 0.222 e. The molecule has 1 aromatic carbocycles. The van der Waals surface area contributed by atoms with Crippen LogP contribution in [0.25, 0.3) is 0 Å². The zero-order valence-corrected chi connectivity index (χ0v) is 14.6. The first-order valence-electron chi connectivity index (χ1n) is 8.48. The van der Waals surface area contributed by atoms with Crippen molar-refractivity contribution < 1.29 is 19.0 Å². The molecule has 0 saturated carbocycles. The molecule has 1 aromatic rings. The molecule has 0 aliphatic carbocycles. The molecule has 24 heavy (non-hydrogen) atoms. The van der Waals surface area contributed by atoms with Crippen LogP contribution in [-0.4, -0.2) is 59.1 Å². The van der Waals surface area contributed by atoms with E-state index in [2.05, 4.69) is 22.3 Å². The van der Waals surface area contributed by atoms with E-state index in [4.69, 9.17) is 14.2 Å². The lowest BCUT2D eigenvalue weighted by atomic mass is 10.0. The third-order valence-electron chi connectivity index (χ3n) is 4.18. The Balaban J connectivity index is 1.67. The van der Waals surface area contributed by atoms with Gasteiger partial charge >= 0.3 is 0 Å². The average molecular weight is 336 g/mol. The van der Waals surface area contributed by atoms with Crippen molar-refractivity contribution in [2.75, 3.05) is 52.0 Å². The number of benzene rings is 1. The summed E-state index contributed by atoms with van der Waals surface area (Å²) in [6.45, 7) is 3.40. The summed E-state index contributed by atoms with van der Waals surface area (Å²) in [5.74, 6) is 0.934. The van der Waals surface area contributed by atoms with Crippen LogP contribution in [0.2, 0.25) is 0 Å². The number of nitrogens with zero attached hydrogens (tertiary/aromatic N) is 1. The number of piperidine rings is 1. The molecular weight excluding hydrogens is 308 g/mol. The van der Waals surface area contributed by atoms with Crippen molar-refractivity contribution in [2.24, 2.45) is 0 Å². The molecule has 0 atom stereocenters. The zero-order chi connectivity index (χ0) is 17.2. The number of hydrogen-bond acceptors (Lipinski definition) is 5. The van der Waals surface area contributed by atoms with E-state index in [1.54, 1.807) is 14.2 Å². The van der Waals surface area contributed by atoms with Gasteiger partial charge in [0, 0.05) is 44.4 Å². The van der Waals surface area contributed by atoms with Gasteiger partial charge in [-0.15, -0.1) is 0 Å². The molecule has 0 spiro atoms. The van der Waals surface area contributed by atoms with E-state index in [1.807, 2.05) is 12.1 Å². The summed E-state index contributed by atoms with van der Waals surface area (Å²) in [5, 5.41) is 3.10. The normalized spacial score (nSPS) is 15.3. The predicted octanol–water partition coefficient (Wildman–Crippen LogP) is 1.83. The van der Waals surface area contributed by atoms with E-state index in [1.165, 1.54) is 5.69 Å². The summed E-state index contributed by atoms with van der Waals surface area (Å²) in [7, 11) is 3.31. The number of methoxy groups -OCH3 is 2. The Morgan fingerprint density at radius 3 is 2.71 bits per heavy atom. The Kier molecular flexibility index (Phi) is 7.85. The fourth-order valence-electron chi connectivity index (χ4n) is 2.80.